The minimum Gasteiger partial charge on any atom is -0.459 e. The first-order chi connectivity index (χ1) is 32.2. The highest BCUT2D eigenvalue weighted by molar-refractivity contribution is 7.98. The molecule has 346 valence electrons. The number of rotatable bonds is 26. The molecule has 66 heavy (non-hydrogen) atoms. The molecule has 0 fully saturated rings. The molecule has 0 aliphatic rings. The molecule has 5 rings (SSSR count). The van der Waals surface area contributed by atoms with Gasteiger partial charge in [0.25, 0.3) is 0 Å². The van der Waals surface area contributed by atoms with Crippen LogP contribution in [0, 0.1) is 0 Å². The lowest BCUT2D eigenvalue weighted by Crippen LogP contribution is -2.53. The van der Waals surface area contributed by atoms with Gasteiger partial charge in [-0.05, 0) is 53.5 Å². The third-order valence-electron chi connectivity index (χ3n) is 9.95. The zero-order chi connectivity index (χ0) is 46.6. The summed E-state index contributed by atoms with van der Waals surface area (Å²) in [7, 11) is 0. The molecule has 0 unspecified atom stereocenters. The predicted molar refractivity (Wildman–Crippen MR) is 250 cm³/mol. The molecule has 3 atom stereocenters. The third kappa shape index (κ3) is 19.3. The number of carbonyl (C=O) groups is 6. The molecule has 0 aliphatic heterocycles. The van der Waals surface area contributed by atoms with E-state index in [4.69, 9.17) is 18.9 Å². The normalized spacial score (nSPS) is 12.0. The Hall–Kier alpha value is -7.13. The van der Waals surface area contributed by atoms with Crippen LogP contribution in [0.2, 0.25) is 0 Å². The number of ether oxygens (including phenoxy) is 4. The summed E-state index contributed by atoms with van der Waals surface area (Å²) in [6.07, 6.45) is -0.835. The maximum absolute atomic E-state index is 14.1. The minimum atomic E-state index is -1.26. The van der Waals surface area contributed by atoms with Crippen LogP contribution in [0.4, 0.5) is 9.59 Å². The average Bonchev–Trinajstić information content (AvgIpc) is 3.35. The van der Waals surface area contributed by atoms with E-state index in [9.17, 15) is 28.8 Å². The summed E-state index contributed by atoms with van der Waals surface area (Å²) >= 11 is 1.41. The maximum atomic E-state index is 14.1. The van der Waals surface area contributed by atoms with Crippen molar-refractivity contribution in [1.82, 2.24) is 21.3 Å². The number of unbranched alkanes of at least 4 members (excludes halogenated alkanes) is 1. The van der Waals surface area contributed by atoms with Gasteiger partial charge in [-0.1, -0.05) is 152 Å². The summed E-state index contributed by atoms with van der Waals surface area (Å²) in [5, 5.41) is 10.8. The summed E-state index contributed by atoms with van der Waals surface area (Å²) in [5.41, 5.74) is 4.09. The molecule has 0 aliphatic carbocycles. The fourth-order valence-electron chi connectivity index (χ4n) is 6.37. The van der Waals surface area contributed by atoms with Crippen molar-refractivity contribution in [1.29, 1.82) is 0 Å². The van der Waals surface area contributed by atoms with E-state index < -0.39 is 54.1 Å². The summed E-state index contributed by atoms with van der Waals surface area (Å²) in [5.74, 6) is -1.95. The lowest BCUT2D eigenvalue weighted by Gasteiger charge is -2.23. The van der Waals surface area contributed by atoms with E-state index in [1.165, 1.54) is 11.8 Å². The SMILES string of the molecule is O=C(CC[C@H](NC(=O)OCc1ccccc1)C(=O)OCc1ccccc1)N[C@@H](CSCc1ccccc1)C(=O)N[C@@H](CCCCNC(=O)OCc1ccccc1)C(=O)OCc1ccccc1. The molecule has 0 aromatic heterocycles. The summed E-state index contributed by atoms with van der Waals surface area (Å²) in [4.78, 5) is 79.9. The van der Waals surface area contributed by atoms with Crippen molar-refractivity contribution < 1.29 is 47.7 Å². The molecule has 14 nitrogen and oxygen atoms in total. The van der Waals surface area contributed by atoms with Gasteiger partial charge in [0, 0.05) is 24.5 Å². The van der Waals surface area contributed by atoms with Crippen molar-refractivity contribution in [3.8, 4) is 0 Å². The van der Waals surface area contributed by atoms with E-state index in [-0.39, 0.29) is 58.0 Å². The Balaban J connectivity index is 1.22. The minimum absolute atomic E-state index is 0.0171. The van der Waals surface area contributed by atoms with Gasteiger partial charge in [-0.2, -0.15) is 11.8 Å². The van der Waals surface area contributed by atoms with Gasteiger partial charge in [0.1, 0.15) is 44.6 Å². The van der Waals surface area contributed by atoms with E-state index in [2.05, 4.69) is 21.3 Å². The van der Waals surface area contributed by atoms with Gasteiger partial charge in [-0.25, -0.2) is 19.2 Å². The number of benzene rings is 5. The number of nitrogens with one attached hydrogen (secondary N) is 4. The van der Waals surface area contributed by atoms with Crippen LogP contribution in [0.1, 0.15) is 59.9 Å². The molecule has 0 saturated heterocycles. The number of esters is 2. The van der Waals surface area contributed by atoms with Gasteiger partial charge >= 0.3 is 24.1 Å². The lowest BCUT2D eigenvalue weighted by molar-refractivity contribution is -0.149. The third-order valence-corrected chi connectivity index (χ3v) is 11.1. The standard InChI is InChI=1S/C51H56N4O10S/c56-46(30-29-44(49(59)63-33-39-20-8-2-9-21-39)55-51(61)65-35-41-24-12-4-13-25-41)53-45(37-66-36-42-26-14-5-15-27-42)47(57)54-43(48(58)62-32-38-18-6-1-7-19-38)28-16-17-31-52-50(60)64-34-40-22-10-3-11-23-40/h1-15,18-27,43-45H,16-17,28-37H2,(H,52,60)(H,53,56)(H,54,57)(H,55,61)/t43-,44-,45-/m0/s1. The van der Waals surface area contributed by atoms with E-state index in [0.29, 0.717) is 18.6 Å². The Morgan fingerprint density at radius 1 is 0.439 bits per heavy atom. The van der Waals surface area contributed by atoms with Crippen molar-refractivity contribution in [3.63, 3.8) is 0 Å². The highest BCUT2D eigenvalue weighted by atomic mass is 32.2. The molecule has 5 aromatic rings. The van der Waals surface area contributed by atoms with Gasteiger partial charge < -0.3 is 40.2 Å². The number of hydrogen-bond donors (Lipinski definition) is 4. The first-order valence-corrected chi connectivity index (χ1v) is 22.9. The van der Waals surface area contributed by atoms with Crippen molar-refractivity contribution >= 4 is 47.7 Å². The molecule has 15 heteroatoms. The predicted octanol–water partition coefficient (Wildman–Crippen LogP) is 7.55. The number of carbonyl (C=O) groups excluding carboxylic acids is 6. The van der Waals surface area contributed by atoms with Crippen LogP contribution in [0.15, 0.2) is 152 Å². The van der Waals surface area contributed by atoms with Crippen LogP contribution in [0.25, 0.3) is 0 Å². The van der Waals surface area contributed by atoms with E-state index >= 15 is 0 Å². The van der Waals surface area contributed by atoms with E-state index in [1.54, 1.807) is 48.5 Å². The van der Waals surface area contributed by atoms with Crippen molar-refractivity contribution in [2.45, 2.75) is 82.4 Å². The first-order valence-electron chi connectivity index (χ1n) is 21.8. The molecule has 0 spiro atoms. The van der Waals surface area contributed by atoms with E-state index in [1.807, 2.05) is 103 Å². The first kappa shape index (κ1) is 49.9. The number of hydrogen-bond acceptors (Lipinski definition) is 11. The van der Waals surface area contributed by atoms with Gasteiger partial charge in [0.2, 0.25) is 11.8 Å². The summed E-state index contributed by atoms with van der Waals surface area (Å²) in [6.45, 7) is 0.270. The molecule has 5 aromatic carbocycles. The van der Waals surface area contributed by atoms with Crippen molar-refractivity contribution in [2.75, 3.05) is 12.3 Å². The molecule has 0 radical (unpaired) electrons. The highest BCUT2D eigenvalue weighted by Gasteiger charge is 2.29. The molecule has 4 N–H and O–H groups in total. The molecular weight excluding hydrogens is 861 g/mol. The van der Waals surface area contributed by atoms with E-state index in [0.717, 1.165) is 27.8 Å². The van der Waals surface area contributed by atoms with Crippen LogP contribution >= 0.6 is 11.8 Å². The second kappa shape index (κ2) is 28.6. The Kier molecular flexibility index (Phi) is 21.6. The van der Waals surface area contributed by atoms with Crippen LogP contribution in [0.5, 0.6) is 0 Å². The Labute approximate surface area is 389 Å². The van der Waals surface area contributed by atoms with Gasteiger partial charge in [-0.3, -0.25) is 9.59 Å². The van der Waals surface area contributed by atoms with Gasteiger partial charge in [-0.15, -0.1) is 0 Å². The number of thioether (sulfide) groups is 1. The Morgan fingerprint density at radius 2 is 0.864 bits per heavy atom. The van der Waals surface area contributed by atoms with Crippen LogP contribution in [-0.4, -0.2) is 66.4 Å². The highest BCUT2D eigenvalue weighted by Crippen LogP contribution is 2.15. The fourth-order valence-corrected chi connectivity index (χ4v) is 7.38. The Morgan fingerprint density at radius 3 is 1.35 bits per heavy atom. The summed E-state index contributed by atoms with van der Waals surface area (Å²) in [6, 6.07) is 42.6. The molecule has 4 amide bonds. The lowest BCUT2D eigenvalue weighted by atomic mass is 10.1. The van der Waals surface area contributed by atoms with Crippen LogP contribution in [-0.2, 0) is 70.3 Å². The molecule has 0 heterocycles. The second-order valence-corrected chi connectivity index (χ2v) is 16.2. The number of alkyl carbamates (subject to hydrolysis) is 2. The zero-order valence-corrected chi connectivity index (χ0v) is 37.5. The maximum Gasteiger partial charge on any atom is 0.408 e. The molecule has 0 bridgehead atoms. The van der Waals surface area contributed by atoms with Gasteiger partial charge in [0.15, 0.2) is 0 Å². The zero-order valence-electron chi connectivity index (χ0n) is 36.6. The average molecular weight is 917 g/mol. The molecule has 0 saturated carbocycles. The quantitative estimate of drug-likeness (QED) is 0.0244. The van der Waals surface area contributed by atoms with Crippen molar-refractivity contribution in [3.05, 3.63) is 179 Å². The molecular formula is C51H56N4O10S. The Bertz CT molecular complexity index is 2240. The smallest absolute Gasteiger partial charge is 0.408 e. The van der Waals surface area contributed by atoms with Crippen LogP contribution < -0.4 is 21.3 Å². The van der Waals surface area contributed by atoms with Crippen LogP contribution in [0.3, 0.4) is 0 Å². The fraction of sp³-hybridized carbons (Fsp3) is 0.294. The van der Waals surface area contributed by atoms with Crippen molar-refractivity contribution in [2.24, 2.45) is 0 Å². The summed E-state index contributed by atoms with van der Waals surface area (Å²) < 4.78 is 21.8. The topological polar surface area (TPSA) is 187 Å². The second-order valence-electron chi connectivity index (χ2n) is 15.2. The van der Waals surface area contributed by atoms with Gasteiger partial charge in [0.05, 0.1) is 0 Å². The largest absolute Gasteiger partial charge is 0.459 e. The monoisotopic (exact) mass is 916 g/mol. The number of amides is 4.